The number of methoxy groups -OCH3 is 2. The van der Waals surface area contributed by atoms with E-state index in [0.29, 0.717) is 41.4 Å². The molecular formula is C24H23N5O3. The van der Waals surface area contributed by atoms with E-state index in [1.807, 2.05) is 22.9 Å². The molecule has 0 saturated carbocycles. The third-order valence-electron chi connectivity index (χ3n) is 5.41. The molecule has 4 rings (SSSR count). The topological polar surface area (TPSA) is 95.5 Å². The number of hydrogen-bond acceptors (Lipinski definition) is 6. The number of carbonyl (C=O) groups is 1. The highest BCUT2D eigenvalue weighted by Gasteiger charge is 2.28. The lowest BCUT2D eigenvalue weighted by Crippen LogP contribution is -2.27. The molecule has 1 amide bonds. The molecule has 0 aliphatic carbocycles. The Bertz CT molecular complexity index is 1280. The smallest absolute Gasteiger partial charge is 0.298 e. The van der Waals surface area contributed by atoms with Gasteiger partial charge in [0.25, 0.3) is 5.91 Å². The van der Waals surface area contributed by atoms with Crippen LogP contribution in [-0.2, 0) is 4.79 Å². The van der Waals surface area contributed by atoms with Gasteiger partial charge in [0.15, 0.2) is 0 Å². The van der Waals surface area contributed by atoms with E-state index in [1.54, 1.807) is 32.1 Å². The van der Waals surface area contributed by atoms with E-state index in [0.717, 1.165) is 17.5 Å². The molecule has 32 heavy (non-hydrogen) atoms. The van der Waals surface area contributed by atoms with Gasteiger partial charge in [0.05, 0.1) is 31.2 Å². The normalized spacial score (nSPS) is 15.0. The molecule has 0 bridgehead atoms. The van der Waals surface area contributed by atoms with Crippen molar-refractivity contribution in [2.45, 2.75) is 19.4 Å². The molecular weight excluding hydrogens is 406 g/mol. The van der Waals surface area contributed by atoms with Gasteiger partial charge in [0.2, 0.25) is 0 Å². The van der Waals surface area contributed by atoms with Gasteiger partial charge in [-0.25, -0.2) is 9.97 Å². The Morgan fingerprint density at radius 2 is 1.91 bits per heavy atom. The summed E-state index contributed by atoms with van der Waals surface area (Å²) in [6, 6.07) is 5.52. The second-order valence-corrected chi connectivity index (χ2v) is 7.33. The number of likely N-dealkylation sites (tertiary alicyclic amines) is 1. The second-order valence-electron chi connectivity index (χ2n) is 7.33. The van der Waals surface area contributed by atoms with Gasteiger partial charge in [-0.05, 0) is 31.4 Å². The van der Waals surface area contributed by atoms with Crippen molar-refractivity contribution in [2.75, 3.05) is 33.0 Å². The Balaban J connectivity index is 1.73. The molecule has 162 valence electrons. The van der Waals surface area contributed by atoms with Gasteiger partial charge in [0, 0.05) is 30.9 Å². The van der Waals surface area contributed by atoms with Crippen LogP contribution in [0.15, 0.2) is 30.7 Å². The summed E-state index contributed by atoms with van der Waals surface area (Å²) in [5.41, 5.74) is 8.35. The van der Waals surface area contributed by atoms with E-state index in [1.165, 1.54) is 6.33 Å². The van der Waals surface area contributed by atoms with Crippen LogP contribution in [0.3, 0.4) is 0 Å². The van der Waals surface area contributed by atoms with Crippen LogP contribution >= 0.6 is 0 Å². The van der Waals surface area contributed by atoms with Crippen molar-refractivity contribution in [3.8, 4) is 35.2 Å². The Hall–Kier alpha value is -4.17. The summed E-state index contributed by atoms with van der Waals surface area (Å²) in [5, 5.41) is 0.702. The van der Waals surface area contributed by atoms with E-state index in [-0.39, 0.29) is 11.9 Å². The van der Waals surface area contributed by atoms with Crippen molar-refractivity contribution >= 4 is 22.8 Å². The molecule has 1 aliphatic heterocycles. The molecule has 1 aromatic carbocycles. The van der Waals surface area contributed by atoms with Crippen LogP contribution in [0.2, 0.25) is 0 Å². The van der Waals surface area contributed by atoms with Gasteiger partial charge in [-0.1, -0.05) is 17.8 Å². The van der Waals surface area contributed by atoms with Crippen LogP contribution in [0, 0.1) is 23.7 Å². The van der Waals surface area contributed by atoms with Crippen molar-refractivity contribution in [3.63, 3.8) is 0 Å². The lowest BCUT2D eigenvalue weighted by atomic mass is 10.1. The zero-order valence-electron chi connectivity index (χ0n) is 18.2. The zero-order valence-corrected chi connectivity index (χ0v) is 18.2. The Morgan fingerprint density at radius 3 is 2.59 bits per heavy atom. The minimum Gasteiger partial charge on any atom is -0.497 e. The lowest BCUT2D eigenvalue weighted by molar-refractivity contribution is -0.124. The Kier molecular flexibility index (Phi) is 5.87. The number of carbonyl (C=O) groups excluding carboxylic acids is 1. The van der Waals surface area contributed by atoms with Gasteiger partial charge in [0.1, 0.15) is 29.3 Å². The quantitative estimate of drug-likeness (QED) is 0.642. The monoisotopic (exact) mass is 429 g/mol. The van der Waals surface area contributed by atoms with Gasteiger partial charge >= 0.3 is 0 Å². The van der Waals surface area contributed by atoms with Crippen LogP contribution in [0.4, 0.5) is 5.82 Å². The SMILES string of the molecule is CC#CC(=O)N1CC[C@H](n2cc(C#Cc3cc(OC)cc(OC)c3)c3c(N)ncnc32)C1. The Morgan fingerprint density at radius 1 is 1.16 bits per heavy atom. The van der Waals surface area contributed by atoms with Gasteiger partial charge in [-0.3, -0.25) is 4.79 Å². The summed E-state index contributed by atoms with van der Waals surface area (Å²) >= 11 is 0. The molecule has 0 spiro atoms. The highest BCUT2D eigenvalue weighted by molar-refractivity contribution is 5.94. The Labute approximate surface area is 186 Å². The van der Waals surface area contributed by atoms with Crippen molar-refractivity contribution in [2.24, 2.45) is 0 Å². The maximum absolute atomic E-state index is 12.2. The van der Waals surface area contributed by atoms with Crippen molar-refractivity contribution in [1.29, 1.82) is 0 Å². The number of amides is 1. The minimum atomic E-state index is -0.160. The molecule has 8 heteroatoms. The summed E-state index contributed by atoms with van der Waals surface area (Å²) in [4.78, 5) is 22.5. The zero-order chi connectivity index (χ0) is 22.7. The third kappa shape index (κ3) is 4.03. The first-order valence-electron chi connectivity index (χ1n) is 10.1. The van der Waals surface area contributed by atoms with Crippen molar-refractivity contribution < 1.29 is 14.3 Å². The number of hydrogen-bond donors (Lipinski definition) is 1. The van der Waals surface area contributed by atoms with E-state index in [4.69, 9.17) is 15.2 Å². The summed E-state index contributed by atoms with van der Waals surface area (Å²) in [7, 11) is 3.19. The van der Waals surface area contributed by atoms with Crippen LogP contribution in [0.1, 0.15) is 30.5 Å². The number of aromatic nitrogens is 3. The number of nitrogens with zero attached hydrogens (tertiary/aromatic N) is 4. The van der Waals surface area contributed by atoms with Gasteiger partial charge < -0.3 is 24.7 Å². The standard InChI is InChI=1S/C24H23N5O3/c1-4-5-21(30)28-9-8-18(14-28)29-13-17(22-23(25)26-15-27-24(22)29)7-6-16-10-19(31-2)12-20(11-16)32-3/h10-13,15,18H,8-9,14H2,1-3H3,(H2,25,26,27)/t18-/m0/s1. The summed E-state index contributed by atoms with van der Waals surface area (Å²) in [6.45, 7) is 2.86. The molecule has 2 aromatic heterocycles. The highest BCUT2D eigenvalue weighted by Crippen LogP contribution is 2.30. The van der Waals surface area contributed by atoms with Gasteiger partial charge in [-0.15, -0.1) is 0 Å². The molecule has 1 atom stereocenters. The fourth-order valence-electron chi connectivity index (χ4n) is 3.84. The lowest BCUT2D eigenvalue weighted by Gasteiger charge is -2.15. The van der Waals surface area contributed by atoms with Gasteiger partial charge in [-0.2, -0.15) is 0 Å². The molecule has 2 N–H and O–H groups in total. The number of rotatable bonds is 3. The number of benzene rings is 1. The van der Waals surface area contributed by atoms with Crippen LogP contribution in [-0.4, -0.2) is 52.7 Å². The van der Waals surface area contributed by atoms with Crippen molar-refractivity contribution in [3.05, 3.63) is 41.9 Å². The van der Waals surface area contributed by atoms with Crippen molar-refractivity contribution in [1.82, 2.24) is 19.4 Å². The number of fused-ring (bicyclic) bond motifs is 1. The fourth-order valence-corrected chi connectivity index (χ4v) is 3.84. The first kappa shape index (κ1) is 21.1. The maximum atomic E-state index is 12.2. The average molecular weight is 429 g/mol. The van der Waals surface area contributed by atoms with Crippen LogP contribution < -0.4 is 15.2 Å². The van der Waals surface area contributed by atoms with Crippen LogP contribution in [0.25, 0.3) is 11.0 Å². The first-order valence-corrected chi connectivity index (χ1v) is 10.1. The van der Waals surface area contributed by atoms with E-state index < -0.39 is 0 Å². The molecule has 1 aliphatic rings. The largest absolute Gasteiger partial charge is 0.497 e. The number of ether oxygens (including phenoxy) is 2. The third-order valence-corrected chi connectivity index (χ3v) is 5.41. The molecule has 0 radical (unpaired) electrons. The molecule has 1 saturated heterocycles. The number of nitrogen functional groups attached to an aromatic ring is 1. The van der Waals surface area contributed by atoms with E-state index in [2.05, 4.69) is 33.6 Å². The number of anilines is 1. The second kappa shape index (κ2) is 8.91. The summed E-state index contributed by atoms with van der Waals surface area (Å²) < 4.78 is 12.7. The molecule has 3 heterocycles. The fraction of sp³-hybridized carbons (Fsp3) is 0.292. The van der Waals surface area contributed by atoms with E-state index in [9.17, 15) is 4.79 Å². The molecule has 3 aromatic rings. The maximum Gasteiger partial charge on any atom is 0.298 e. The van der Waals surface area contributed by atoms with E-state index >= 15 is 0 Å². The molecule has 1 fully saturated rings. The number of nitrogens with two attached hydrogens (primary N) is 1. The highest BCUT2D eigenvalue weighted by atomic mass is 16.5. The predicted octanol–water partition coefficient (Wildman–Crippen LogP) is 2.23. The summed E-state index contributed by atoms with van der Waals surface area (Å²) in [6.07, 6.45) is 4.17. The predicted molar refractivity (Wildman–Crippen MR) is 121 cm³/mol. The van der Waals surface area contributed by atoms with Crippen LogP contribution in [0.5, 0.6) is 11.5 Å². The molecule has 8 nitrogen and oxygen atoms in total. The molecule has 0 unspecified atom stereocenters. The minimum absolute atomic E-state index is 0.0573. The summed E-state index contributed by atoms with van der Waals surface area (Å²) in [5.74, 6) is 13.2. The average Bonchev–Trinajstić information content (AvgIpc) is 3.43. The first-order chi connectivity index (χ1) is 15.5.